The molecule has 3 N–H and O–H groups in total. The predicted molar refractivity (Wildman–Crippen MR) is 83.1 cm³/mol. The van der Waals surface area contributed by atoms with Gasteiger partial charge in [-0.3, -0.25) is 9.59 Å². The number of phenolic OH excluding ortho intramolecular Hbond substituents is 1. The number of nitrogens with one attached hydrogen (secondary N) is 2. The van der Waals surface area contributed by atoms with Crippen LogP contribution in [0.25, 0.3) is 0 Å². The fourth-order valence-corrected chi connectivity index (χ4v) is 2.19. The van der Waals surface area contributed by atoms with E-state index in [0.717, 1.165) is 0 Å². The lowest BCUT2D eigenvalue weighted by Crippen LogP contribution is -2.28. The summed E-state index contributed by atoms with van der Waals surface area (Å²) in [5.41, 5.74) is 1.15. The zero-order chi connectivity index (χ0) is 16.1. The number of carbonyl (C=O) groups excluding carboxylic acids is 1. The maximum Gasteiger partial charge on any atom is 0.251 e. The van der Waals surface area contributed by atoms with Gasteiger partial charge in [-0.05, 0) is 24.6 Å². The fraction of sp³-hybridized carbons (Fsp3) is 0.267. The van der Waals surface area contributed by atoms with E-state index < -0.39 is 0 Å². The Morgan fingerprint density at radius 1 is 1.41 bits per heavy atom. The highest BCUT2D eigenvalue weighted by atomic mass is 35.5. The van der Waals surface area contributed by atoms with Gasteiger partial charge in [0, 0.05) is 24.7 Å². The minimum absolute atomic E-state index is 0.0136. The average Bonchev–Trinajstić information content (AvgIpc) is 2.42. The number of amides is 1. The van der Waals surface area contributed by atoms with E-state index in [1.54, 1.807) is 19.1 Å². The number of aryl methyl sites for hydroxylation is 1. The molecule has 0 atom stereocenters. The summed E-state index contributed by atoms with van der Waals surface area (Å²) in [5, 5.41) is 12.3. The van der Waals surface area contributed by atoms with Gasteiger partial charge in [-0.25, -0.2) is 4.98 Å². The number of aromatic nitrogens is 2. The molecule has 0 radical (unpaired) electrons. The number of benzene rings is 1. The lowest BCUT2D eigenvalue weighted by atomic mass is 10.1. The molecule has 0 fully saturated rings. The molecule has 7 heteroatoms. The van der Waals surface area contributed by atoms with Gasteiger partial charge in [0.05, 0.1) is 11.4 Å². The molecule has 116 valence electrons. The van der Waals surface area contributed by atoms with E-state index >= 15 is 0 Å². The Hall–Kier alpha value is -2.34. The van der Waals surface area contributed by atoms with Crippen LogP contribution in [0.4, 0.5) is 0 Å². The van der Waals surface area contributed by atoms with Crippen LogP contribution < -0.4 is 10.9 Å². The molecule has 1 aromatic heterocycles. The summed E-state index contributed by atoms with van der Waals surface area (Å²) in [6.45, 7) is 2.11. The summed E-state index contributed by atoms with van der Waals surface area (Å²) in [6.07, 6.45) is 0.608. The molecule has 1 amide bonds. The van der Waals surface area contributed by atoms with Crippen molar-refractivity contribution in [3.05, 3.63) is 56.7 Å². The Morgan fingerprint density at radius 3 is 2.86 bits per heavy atom. The molecule has 0 saturated heterocycles. The fourth-order valence-electron chi connectivity index (χ4n) is 1.99. The first-order valence-electron chi connectivity index (χ1n) is 6.75. The van der Waals surface area contributed by atoms with Crippen molar-refractivity contribution < 1.29 is 9.90 Å². The molecule has 0 spiro atoms. The molecule has 22 heavy (non-hydrogen) atoms. The monoisotopic (exact) mass is 321 g/mol. The normalized spacial score (nSPS) is 10.5. The molecule has 0 unspecified atom stereocenters. The van der Waals surface area contributed by atoms with Crippen molar-refractivity contribution in [2.75, 3.05) is 6.54 Å². The third-order valence-electron chi connectivity index (χ3n) is 2.98. The minimum Gasteiger partial charge on any atom is -0.506 e. The molecular weight excluding hydrogens is 306 g/mol. The first-order chi connectivity index (χ1) is 10.4. The van der Waals surface area contributed by atoms with Gasteiger partial charge in [-0.2, -0.15) is 0 Å². The number of carbonyl (C=O) groups is 1. The van der Waals surface area contributed by atoms with Gasteiger partial charge >= 0.3 is 0 Å². The maximum absolute atomic E-state index is 11.8. The second kappa shape index (κ2) is 7.09. The smallest absolute Gasteiger partial charge is 0.251 e. The van der Waals surface area contributed by atoms with Crippen LogP contribution in [0.1, 0.15) is 17.1 Å². The number of aromatic amines is 1. The topological polar surface area (TPSA) is 95.1 Å². The molecule has 0 aliphatic heterocycles. The van der Waals surface area contributed by atoms with Crippen molar-refractivity contribution in [1.29, 1.82) is 0 Å². The number of H-pyrrole nitrogens is 1. The second-order valence-corrected chi connectivity index (χ2v) is 5.30. The molecule has 0 aliphatic rings. The van der Waals surface area contributed by atoms with E-state index in [9.17, 15) is 14.7 Å². The van der Waals surface area contributed by atoms with Crippen LogP contribution in [0.15, 0.2) is 29.1 Å². The standard InChI is InChI=1S/C15H16ClN3O3/c1-9-6-15(22)19-13(18-9)4-5-17-14(21)8-10-2-3-12(20)11(16)7-10/h2-3,6-7,20H,4-5,8H2,1H3,(H,17,21)(H,18,19,22). The largest absolute Gasteiger partial charge is 0.506 e. The highest BCUT2D eigenvalue weighted by Crippen LogP contribution is 2.23. The molecular formula is C15H16ClN3O3. The highest BCUT2D eigenvalue weighted by Gasteiger charge is 2.06. The number of nitrogens with zero attached hydrogens (tertiary/aromatic N) is 1. The van der Waals surface area contributed by atoms with E-state index in [0.29, 0.717) is 30.0 Å². The minimum atomic E-state index is -0.201. The lowest BCUT2D eigenvalue weighted by Gasteiger charge is -2.06. The third kappa shape index (κ3) is 4.60. The summed E-state index contributed by atoms with van der Waals surface area (Å²) >= 11 is 5.79. The zero-order valence-corrected chi connectivity index (χ0v) is 12.8. The third-order valence-corrected chi connectivity index (χ3v) is 3.28. The molecule has 0 bridgehead atoms. The summed E-state index contributed by atoms with van der Waals surface area (Å²) in [6, 6.07) is 6.06. The van der Waals surface area contributed by atoms with Gasteiger partial charge < -0.3 is 15.4 Å². The molecule has 2 rings (SSSR count). The molecule has 0 saturated carbocycles. The van der Waals surface area contributed by atoms with E-state index in [4.69, 9.17) is 11.6 Å². The Morgan fingerprint density at radius 2 is 2.18 bits per heavy atom. The number of hydrogen-bond donors (Lipinski definition) is 3. The van der Waals surface area contributed by atoms with Gasteiger partial charge in [0.25, 0.3) is 5.56 Å². The van der Waals surface area contributed by atoms with Gasteiger partial charge in [0.1, 0.15) is 11.6 Å². The highest BCUT2D eigenvalue weighted by molar-refractivity contribution is 6.32. The van der Waals surface area contributed by atoms with E-state index in [1.165, 1.54) is 12.1 Å². The van der Waals surface area contributed by atoms with Crippen molar-refractivity contribution in [2.45, 2.75) is 19.8 Å². The summed E-state index contributed by atoms with van der Waals surface area (Å²) in [7, 11) is 0. The SMILES string of the molecule is Cc1cc(=O)[nH]c(CCNC(=O)Cc2ccc(O)c(Cl)c2)n1. The maximum atomic E-state index is 11.8. The Bertz CT molecular complexity index is 743. The van der Waals surface area contributed by atoms with Crippen LogP contribution in [-0.4, -0.2) is 27.5 Å². The van der Waals surface area contributed by atoms with Crippen LogP contribution in [0.5, 0.6) is 5.75 Å². The van der Waals surface area contributed by atoms with Crippen LogP contribution >= 0.6 is 11.6 Å². The molecule has 2 aromatic rings. The van der Waals surface area contributed by atoms with Crippen LogP contribution in [0.3, 0.4) is 0 Å². The summed E-state index contributed by atoms with van der Waals surface area (Å²) in [5.74, 6) is 0.357. The van der Waals surface area contributed by atoms with Crippen LogP contribution in [-0.2, 0) is 17.6 Å². The Balaban J connectivity index is 1.85. The van der Waals surface area contributed by atoms with Crippen LogP contribution in [0.2, 0.25) is 5.02 Å². The number of rotatable bonds is 5. The lowest BCUT2D eigenvalue weighted by molar-refractivity contribution is -0.120. The van der Waals surface area contributed by atoms with E-state index in [2.05, 4.69) is 15.3 Å². The van der Waals surface area contributed by atoms with Gasteiger partial charge in [0.2, 0.25) is 5.91 Å². The number of hydrogen-bond acceptors (Lipinski definition) is 4. The first-order valence-corrected chi connectivity index (χ1v) is 7.13. The average molecular weight is 322 g/mol. The predicted octanol–water partition coefficient (Wildman–Crippen LogP) is 1.34. The zero-order valence-electron chi connectivity index (χ0n) is 12.0. The van der Waals surface area contributed by atoms with Gasteiger partial charge in [-0.15, -0.1) is 0 Å². The van der Waals surface area contributed by atoms with Crippen molar-refractivity contribution in [2.24, 2.45) is 0 Å². The second-order valence-electron chi connectivity index (χ2n) is 4.90. The number of phenols is 1. The molecule has 6 nitrogen and oxygen atoms in total. The van der Waals surface area contributed by atoms with Crippen molar-refractivity contribution in [1.82, 2.24) is 15.3 Å². The summed E-state index contributed by atoms with van der Waals surface area (Å²) < 4.78 is 0. The Kier molecular flexibility index (Phi) is 5.16. The number of halogens is 1. The first kappa shape index (κ1) is 16.0. The van der Waals surface area contributed by atoms with Crippen LogP contribution in [0, 0.1) is 6.92 Å². The van der Waals surface area contributed by atoms with Crippen molar-refractivity contribution >= 4 is 17.5 Å². The number of aromatic hydroxyl groups is 1. The molecule has 0 aliphatic carbocycles. The van der Waals surface area contributed by atoms with Crippen molar-refractivity contribution in [3.8, 4) is 5.75 Å². The Labute approximate surface area is 132 Å². The molecule has 1 aromatic carbocycles. The van der Waals surface area contributed by atoms with Gasteiger partial charge in [0.15, 0.2) is 0 Å². The van der Waals surface area contributed by atoms with Crippen molar-refractivity contribution in [3.63, 3.8) is 0 Å². The quantitative estimate of drug-likeness (QED) is 0.774. The molecule has 1 heterocycles. The van der Waals surface area contributed by atoms with E-state index in [-0.39, 0.29) is 28.7 Å². The van der Waals surface area contributed by atoms with Gasteiger partial charge in [-0.1, -0.05) is 17.7 Å². The summed E-state index contributed by atoms with van der Waals surface area (Å²) in [4.78, 5) is 29.9. The van der Waals surface area contributed by atoms with E-state index in [1.807, 2.05) is 0 Å².